The van der Waals surface area contributed by atoms with Crippen molar-refractivity contribution in [3.8, 4) is 0 Å². The molecule has 10 heavy (non-hydrogen) atoms. The van der Waals surface area contributed by atoms with Gasteiger partial charge >= 0.3 is 0 Å². The molecule has 0 unspecified atom stereocenters. The van der Waals surface area contributed by atoms with Gasteiger partial charge in [0.15, 0.2) is 0 Å². The molecule has 0 N–H and O–H groups in total. The van der Waals surface area contributed by atoms with Crippen LogP contribution in [0.5, 0.6) is 0 Å². The van der Waals surface area contributed by atoms with Crippen LogP contribution in [0.25, 0.3) is 0 Å². The van der Waals surface area contributed by atoms with Gasteiger partial charge in [-0.15, -0.1) is 0 Å². The third-order valence-electron chi connectivity index (χ3n) is 2.79. The van der Waals surface area contributed by atoms with Crippen molar-refractivity contribution < 1.29 is 0 Å². The SMILES string of the molecule is BC[C@H]1CCCC[C@@H]1CBr. The highest BCUT2D eigenvalue weighted by atomic mass is 79.9. The van der Waals surface area contributed by atoms with E-state index in [-0.39, 0.29) is 0 Å². The van der Waals surface area contributed by atoms with Crippen LogP contribution in [0.1, 0.15) is 25.7 Å². The first-order valence-electron chi connectivity index (χ1n) is 4.44. The van der Waals surface area contributed by atoms with E-state index in [0.29, 0.717) is 0 Å². The van der Waals surface area contributed by atoms with Gasteiger partial charge in [-0.25, -0.2) is 0 Å². The number of hydrogen-bond donors (Lipinski definition) is 0. The van der Waals surface area contributed by atoms with Gasteiger partial charge in [0.25, 0.3) is 0 Å². The Morgan fingerprint density at radius 2 is 1.80 bits per heavy atom. The van der Waals surface area contributed by atoms with Crippen molar-refractivity contribution in [3.05, 3.63) is 0 Å². The van der Waals surface area contributed by atoms with Crippen molar-refractivity contribution in [2.24, 2.45) is 11.8 Å². The molecule has 0 aromatic heterocycles. The Morgan fingerprint density at radius 3 is 2.20 bits per heavy atom. The molecule has 2 atom stereocenters. The third kappa shape index (κ3) is 2.01. The summed E-state index contributed by atoms with van der Waals surface area (Å²) in [5.74, 6) is 2.01. The minimum absolute atomic E-state index is 0.985. The second-order valence-electron chi connectivity index (χ2n) is 3.37. The molecule has 0 amide bonds. The molecule has 1 saturated carbocycles. The normalized spacial score (nSPS) is 34.1. The van der Waals surface area contributed by atoms with Gasteiger partial charge in [-0.3, -0.25) is 0 Å². The van der Waals surface area contributed by atoms with Gasteiger partial charge in [-0.05, 0) is 18.3 Å². The maximum absolute atomic E-state index is 3.59. The van der Waals surface area contributed by atoms with Crippen LogP contribution in [0.2, 0.25) is 6.32 Å². The minimum Gasteiger partial charge on any atom is -0.0925 e. The zero-order valence-corrected chi connectivity index (χ0v) is 8.36. The summed E-state index contributed by atoms with van der Waals surface area (Å²) in [6.45, 7) is 0. The van der Waals surface area contributed by atoms with Crippen LogP contribution >= 0.6 is 15.9 Å². The highest BCUT2D eigenvalue weighted by Crippen LogP contribution is 2.32. The number of halogens is 1. The van der Waals surface area contributed by atoms with Crippen LogP contribution in [-0.2, 0) is 0 Å². The van der Waals surface area contributed by atoms with E-state index < -0.39 is 0 Å². The van der Waals surface area contributed by atoms with Gasteiger partial charge < -0.3 is 0 Å². The zero-order valence-electron chi connectivity index (χ0n) is 6.78. The Balaban J connectivity index is 2.34. The van der Waals surface area contributed by atoms with E-state index in [2.05, 4.69) is 23.8 Å². The molecule has 1 aliphatic rings. The van der Waals surface area contributed by atoms with E-state index in [1.165, 1.54) is 37.3 Å². The average molecular weight is 203 g/mol. The van der Waals surface area contributed by atoms with Gasteiger partial charge in [0, 0.05) is 5.33 Å². The van der Waals surface area contributed by atoms with Crippen molar-refractivity contribution in [2.45, 2.75) is 32.0 Å². The van der Waals surface area contributed by atoms with E-state index in [0.717, 1.165) is 11.8 Å². The average Bonchev–Trinajstić information content (AvgIpc) is 2.04. The largest absolute Gasteiger partial charge is 0.101 e. The fourth-order valence-electron chi connectivity index (χ4n) is 2.03. The van der Waals surface area contributed by atoms with E-state index in [1.807, 2.05) is 0 Å². The molecule has 1 fully saturated rings. The lowest BCUT2D eigenvalue weighted by Gasteiger charge is -2.29. The maximum atomic E-state index is 3.59. The molecule has 0 aromatic carbocycles. The summed E-state index contributed by atoms with van der Waals surface area (Å²) in [6.07, 6.45) is 7.27. The molecule has 58 valence electrons. The first-order valence-corrected chi connectivity index (χ1v) is 5.56. The molecule has 1 aliphatic carbocycles. The van der Waals surface area contributed by atoms with Crippen LogP contribution in [0.4, 0.5) is 0 Å². The fourth-order valence-corrected chi connectivity index (χ4v) is 2.88. The molecule has 0 saturated heterocycles. The summed E-state index contributed by atoms with van der Waals surface area (Å²) in [6, 6.07) is 0. The van der Waals surface area contributed by atoms with Crippen molar-refractivity contribution in [1.82, 2.24) is 0 Å². The molecule has 0 spiro atoms. The summed E-state index contributed by atoms with van der Waals surface area (Å²) in [7, 11) is 2.33. The first-order chi connectivity index (χ1) is 4.88. The van der Waals surface area contributed by atoms with Crippen LogP contribution < -0.4 is 0 Å². The quantitative estimate of drug-likeness (QED) is 0.476. The molecule has 0 nitrogen and oxygen atoms in total. The topological polar surface area (TPSA) is 0 Å². The highest BCUT2D eigenvalue weighted by molar-refractivity contribution is 9.09. The molecule has 0 heterocycles. The van der Waals surface area contributed by atoms with Crippen molar-refractivity contribution in [2.75, 3.05) is 5.33 Å². The second kappa shape index (κ2) is 4.43. The van der Waals surface area contributed by atoms with E-state index in [9.17, 15) is 0 Å². The smallest absolute Gasteiger partial charge is 0.0925 e. The summed E-state index contributed by atoms with van der Waals surface area (Å²) in [5.41, 5.74) is 0. The fraction of sp³-hybridized carbons (Fsp3) is 1.00. The predicted octanol–water partition coefficient (Wildman–Crippen LogP) is 2.24. The highest BCUT2D eigenvalue weighted by Gasteiger charge is 2.21. The van der Waals surface area contributed by atoms with Crippen molar-refractivity contribution in [1.29, 1.82) is 0 Å². The number of hydrogen-bond acceptors (Lipinski definition) is 0. The summed E-state index contributed by atoms with van der Waals surface area (Å²) < 4.78 is 0. The van der Waals surface area contributed by atoms with Gasteiger partial charge in [0.1, 0.15) is 7.85 Å². The van der Waals surface area contributed by atoms with Crippen molar-refractivity contribution in [3.63, 3.8) is 0 Å². The standard InChI is InChI=1S/C8H16BBr/c9-5-7-3-1-2-4-8(7)6-10/h7-8H,1-6,9H2/t7-,8-/m1/s1. The molecule has 0 radical (unpaired) electrons. The molecule has 2 heteroatoms. The molecular formula is C8H16BBr. The van der Waals surface area contributed by atoms with Crippen LogP contribution in [-0.4, -0.2) is 13.2 Å². The molecule has 0 aromatic rings. The summed E-state index contributed by atoms with van der Waals surface area (Å²) >= 11 is 3.59. The lowest BCUT2D eigenvalue weighted by molar-refractivity contribution is 0.284. The predicted molar refractivity (Wildman–Crippen MR) is 52.6 cm³/mol. The van der Waals surface area contributed by atoms with Crippen LogP contribution in [0.15, 0.2) is 0 Å². The monoisotopic (exact) mass is 202 g/mol. The van der Waals surface area contributed by atoms with Gasteiger partial charge in [-0.1, -0.05) is 41.5 Å². The lowest BCUT2D eigenvalue weighted by Crippen LogP contribution is -2.20. The Labute approximate surface area is 73.3 Å². The summed E-state index contributed by atoms with van der Waals surface area (Å²) in [4.78, 5) is 0. The Bertz CT molecular complexity index is 83.3. The van der Waals surface area contributed by atoms with Gasteiger partial charge in [-0.2, -0.15) is 0 Å². The van der Waals surface area contributed by atoms with Crippen molar-refractivity contribution >= 4 is 23.8 Å². The minimum atomic E-state index is 0.985. The Kier molecular flexibility index (Phi) is 3.83. The number of alkyl halides is 1. The molecule has 0 bridgehead atoms. The van der Waals surface area contributed by atoms with E-state index >= 15 is 0 Å². The van der Waals surface area contributed by atoms with Gasteiger partial charge in [0.2, 0.25) is 0 Å². The second-order valence-corrected chi connectivity index (χ2v) is 4.01. The van der Waals surface area contributed by atoms with E-state index in [4.69, 9.17) is 0 Å². The zero-order chi connectivity index (χ0) is 7.40. The summed E-state index contributed by atoms with van der Waals surface area (Å²) in [5, 5.41) is 1.23. The van der Waals surface area contributed by atoms with Crippen LogP contribution in [0, 0.1) is 11.8 Å². The Morgan fingerprint density at radius 1 is 1.20 bits per heavy atom. The molecule has 1 rings (SSSR count). The number of rotatable bonds is 2. The Hall–Kier alpha value is 0.545. The molecular weight excluding hydrogens is 187 g/mol. The first kappa shape index (κ1) is 8.64. The van der Waals surface area contributed by atoms with Gasteiger partial charge in [0.05, 0.1) is 0 Å². The third-order valence-corrected chi connectivity index (χ3v) is 3.62. The lowest BCUT2D eigenvalue weighted by atomic mass is 9.74. The van der Waals surface area contributed by atoms with Crippen LogP contribution in [0.3, 0.4) is 0 Å². The maximum Gasteiger partial charge on any atom is 0.101 e. The van der Waals surface area contributed by atoms with E-state index in [1.54, 1.807) is 0 Å². The molecule has 0 aliphatic heterocycles.